The van der Waals surface area contributed by atoms with Crippen molar-refractivity contribution in [2.45, 2.75) is 6.92 Å². The molecule has 0 radical (unpaired) electrons. The number of carbonyl (C=O) groups is 3. The Kier molecular flexibility index (Phi) is 7.99. The van der Waals surface area contributed by atoms with Crippen molar-refractivity contribution in [3.05, 3.63) is 88.7 Å². The number of hydrogen-bond donors (Lipinski definition) is 2. The van der Waals surface area contributed by atoms with Crippen LogP contribution in [0.5, 0.6) is 5.75 Å². The van der Waals surface area contributed by atoms with E-state index >= 15 is 0 Å². The molecule has 33 heavy (non-hydrogen) atoms. The van der Waals surface area contributed by atoms with Gasteiger partial charge in [0.1, 0.15) is 17.1 Å². The van der Waals surface area contributed by atoms with Crippen LogP contribution in [0, 0.1) is 12.7 Å². The second-order valence-corrected chi connectivity index (χ2v) is 7.31. The molecule has 0 unspecified atom stereocenters. The number of anilines is 2. The molecule has 0 spiro atoms. The molecule has 9 heteroatoms. The van der Waals surface area contributed by atoms with Crippen LogP contribution >= 0.6 is 11.6 Å². The fraction of sp³-hybridized carbons (Fsp3) is 0.125. The second-order valence-electron chi connectivity index (χ2n) is 6.90. The minimum Gasteiger partial charge on any atom is -0.483 e. The van der Waals surface area contributed by atoms with Gasteiger partial charge in [0.2, 0.25) is 0 Å². The zero-order valence-corrected chi connectivity index (χ0v) is 18.3. The van der Waals surface area contributed by atoms with Gasteiger partial charge >= 0.3 is 5.97 Å². The number of carbonyl (C=O) groups excluding carboxylic acids is 3. The number of amides is 2. The number of para-hydroxylation sites is 2. The molecule has 0 aliphatic carbocycles. The van der Waals surface area contributed by atoms with Crippen LogP contribution in [-0.4, -0.2) is 31.0 Å². The lowest BCUT2D eigenvalue weighted by Crippen LogP contribution is -2.23. The zero-order valence-electron chi connectivity index (χ0n) is 17.6. The first-order chi connectivity index (χ1) is 15.8. The van der Waals surface area contributed by atoms with Crippen molar-refractivity contribution in [3.63, 3.8) is 0 Å². The molecule has 0 heterocycles. The van der Waals surface area contributed by atoms with E-state index in [9.17, 15) is 18.8 Å². The predicted molar refractivity (Wildman–Crippen MR) is 122 cm³/mol. The van der Waals surface area contributed by atoms with Crippen molar-refractivity contribution >= 4 is 40.8 Å². The number of benzene rings is 3. The van der Waals surface area contributed by atoms with Crippen molar-refractivity contribution in [2.75, 3.05) is 23.8 Å². The van der Waals surface area contributed by atoms with Gasteiger partial charge in [0, 0.05) is 10.7 Å². The van der Waals surface area contributed by atoms with Gasteiger partial charge in [0.05, 0.1) is 5.69 Å². The van der Waals surface area contributed by atoms with E-state index in [1.165, 1.54) is 30.3 Å². The Morgan fingerprint density at radius 3 is 2.36 bits per heavy atom. The summed E-state index contributed by atoms with van der Waals surface area (Å²) in [6, 6.07) is 16.8. The number of rotatable bonds is 8. The van der Waals surface area contributed by atoms with E-state index < -0.39 is 36.8 Å². The molecule has 2 N–H and O–H groups in total. The first-order valence-electron chi connectivity index (χ1n) is 9.83. The summed E-state index contributed by atoms with van der Waals surface area (Å²) in [5, 5.41) is 5.46. The van der Waals surface area contributed by atoms with Crippen LogP contribution in [0.2, 0.25) is 5.02 Å². The molecule has 0 fully saturated rings. The Bertz CT molecular complexity index is 1190. The highest BCUT2D eigenvalue weighted by Gasteiger charge is 2.17. The normalized spacial score (nSPS) is 10.3. The highest BCUT2D eigenvalue weighted by atomic mass is 35.5. The first-order valence-corrected chi connectivity index (χ1v) is 10.2. The Labute approximate surface area is 194 Å². The van der Waals surface area contributed by atoms with Gasteiger partial charge in [0.25, 0.3) is 11.8 Å². The lowest BCUT2D eigenvalue weighted by atomic mass is 10.2. The fourth-order valence-corrected chi connectivity index (χ4v) is 2.91. The molecule has 3 rings (SSSR count). The van der Waals surface area contributed by atoms with Crippen molar-refractivity contribution in [1.29, 1.82) is 0 Å². The SMILES string of the molecule is Cc1ccc(NC(=O)COC(=O)c2ccccc2OCC(=O)Nc2ccccc2F)cc1Cl. The van der Waals surface area contributed by atoms with E-state index in [-0.39, 0.29) is 17.0 Å². The molecule has 0 bridgehead atoms. The highest BCUT2D eigenvalue weighted by Crippen LogP contribution is 2.21. The molecule has 7 nitrogen and oxygen atoms in total. The number of hydrogen-bond acceptors (Lipinski definition) is 5. The molecule has 0 aromatic heterocycles. The molecule has 0 aliphatic rings. The van der Waals surface area contributed by atoms with Crippen molar-refractivity contribution in [1.82, 2.24) is 0 Å². The summed E-state index contributed by atoms with van der Waals surface area (Å²) in [6.45, 7) is 0.832. The lowest BCUT2D eigenvalue weighted by molar-refractivity contribution is -0.119. The van der Waals surface area contributed by atoms with Crippen LogP contribution < -0.4 is 15.4 Å². The third-order valence-corrected chi connectivity index (χ3v) is 4.81. The Morgan fingerprint density at radius 2 is 1.61 bits per heavy atom. The van der Waals surface area contributed by atoms with Crippen molar-refractivity contribution in [2.24, 2.45) is 0 Å². The standard InChI is InChI=1S/C24H20ClFN2O5/c1-15-10-11-16(12-18(15)25)27-22(29)14-33-24(31)17-6-2-5-9-21(17)32-13-23(30)28-20-8-4-3-7-19(20)26/h2-12H,13-14H2,1H3,(H,27,29)(H,28,30). The second kappa shape index (κ2) is 11.1. The Balaban J connectivity index is 1.54. The molecule has 0 saturated carbocycles. The molecule has 0 saturated heterocycles. The van der Waals surface area contributed by atoms with Gasteiger partial charge in [-0.05, 0) is 48.9 Å². The monoisotopic (exact) mass is 470 g/mol. The molecule has 2 amide bonds. The van der Waals surface area contributed by atoms with Crippen LogP contribution in [0.4, 0.5) is 15.8 Å². The number of ether oxygens (including phenoxy) is 2. The van der Waals surface area contributed by atoms with Crippen molar-refractivity contribution in [3.8, 4) is 5.75 Å². The maximum Gasteiger partial charge on any atom is 0.342 e. The molecular formula is C24H20ClFN2O5. The summed E-state index contributed by atoms with van der Waals surface area (Å²) in [5.41, 5.74) is 1.37. The van der Waals surface area contributed by atoms with E-state index in [0.29, 0.717) is 10.7 Å². The molecule has 0 aliphatic heterocycles. The average Bonchev–Trinajstić information content (AvgIpc) is 2.80. The Morgan fingerprint density at radius 1 is 0.909 bits per heavy atom. The van der Waals surface area contributed by atoms with E-state index in [4.69, 9.17) is 21.1 Å². The number of halogens is 2. The summed E-state index contributed by atoms with van der Waals surface area (Å²) in [4.78, 5) is 36.6. The fourth-order valence-electron chi connectivity index (χ4n) is 2.73. The smallest absolute Gasteiger partial charge is 0.342 e. The maximum absolute atomic E-state index is 13.7. The highest BCUT2D eigenvalue weighted by molar-refractivity contribution is 6.31. The summed E-state index contributed by atoms with van der Waals surface area (Å²) in [7, 11) is 0. The lowest BCUT2D eigenvalue weighted by Gasteiger charge is -2.12. The van der Waals surface area contributed by atoms with Gasteiger partial charge in [-0.1, -0.05) is 41.9 Å². The van der Waals surface area contributed by atoms with Gasteiger partial charge in [-0.2, -0.15) is 0 Å². The summed E-state index contributed by atoms with van der Waals surface area (Å²) < 4.78 is 24.1. The summed E-state index contributed by atoms with van der Waals surface area (Å²) in [5.74, 6) is -2.47. The number of nitrogens with one attached hydrogen (secondary N) is 2. The predicted octanol–water partition coefficient (Wildman–Crippen LogP) is 4.60. The summed E-state index contributed by atoms with van der Waals surface area (Å²) >= 11 is 6.03. The minimum atomic E-state index is -0.808. The minimum absolute atomic E-state index is 0.0136. The molecular weight excluding hydrogens is 451 g/mol. The molecule has 0 atom stereocenters. The zero-order chi connectivity index (χ0) is 23.8. The topological polar surface area (TPSA) is 93.7 Å². The van der Waals surface area contributed by atoms with E-state index in [0.717, 1.165) is 5.56 Å². The molecule has 3 aromatic carbocycles. The van der Waals surface area contributed by atoms with Gasteiger partial charge < -0.3 is 20.1 Å². The van der Waals surface area contributed by atoms with Gasteiger partial charge in [0.15, 0.2) is 13.2 Å². The van der Waals surface area contributed by atoms with Crippen molar-refractivity contribution < 1.29 is 28.2 Å². The van der Waals surface area contributed by atoms with Crippen LogP contribution in [0.3, 0.4) is 0 Å². The van der Waals surface area contributed by atoms with Crippen LogP contribution in [0.15, 0.2) is 66.7 Å². The third-order valence-electron chi connectivity index (χ3n) is 4.40. The largest absolute Gasteiger partial charge is 0.483 e. The van der Waals surface area contributed by atoms with Gasteiger partial charge in [-0.25, -0.2) is 9.18 Å². The summed E-state index contributed by atoms with van der Waals surface area (Å²) in [6.07, 6.45) is 0. The quantitative estimate of drug-likeness (QED) is 0.469. The van der Waals surface area contributed by atoms with Gasteiger partial charge in [-0.3, -0.25) is 9.59 Å². The third kappa shape index (κ3) is 6.78. The van der Waals surface area contributed by atoms with Crippen LogP contribution in [0.25, 0.3) is 0 Å². The molecule has 170 valence electrons. The number of esters is 1. The molecule has 3 aromatic rings. The van der Waals surface area contributed by atoms with E-state index in [1.54, 1.807) is 36.4 Å². The maximum atomic E-state index is 13.7. The van der Waals surface area contributed by atoms with E-state index in [2.05, 4.69) is 10.6 Å². The van der Waals surface area contributed by atoms with Gasteiger partial charge in [-0.15, -0.1) is 0 Å². The average molecular weight is 471 g/mol. The van der Waals surface area contributed by atoms with Crippen LogP contribution in [-0.2, 0) is 14.3 Å². The first kappa shape index (κ1) is 23.7. The van der Waals surface area contributed by atoms with Crippen LogP contribution in [0.1, 0.15) is 15.9 Å². The Hall–Kier alpha value is -3.91. The number of aryl methyl sites for hydroxylation is 1. The van der Waals surface area contributed by atoms with E-state index in [1.807, 2.05) is 6.92 Å².